The Morgan fingerprint density at radius 2 is 1.88 bits per heavy atom. The molecule has 4 aromatic heterocycles. The van der Waals surface area contributed by atoms with E-state index < -0.39 is 30.5 Å². The number of aromatic amines is 1. The first-order valence-electron chi connectivity index (χ1n) is 15.5. The van der Waals surface area contributed by atoms with Gasteiger partial charge in [-0.3, -0.25) is 20.0 Å². The number of alkyl halides is 5. The summed E-state index contributed by atoms with van der Waals surface area (Å²) in [6.45, 7) is 2.25. The number of H-pyrrole nitrogens is 1. The number of nitrogens with zero attached hydrogens (tertiary/aromatic N) is 7. The number of para-hydroxylation sites is 1. The Labute approximate surface area is 281 Å². The van der Waals surface area contributed by atoms with Crippen LogP contribution in [0.4, 0.5) is 22.0 Å². The Balaban J connectivity index is 1.09. The molecule has 0 bridgehead atoms. The zero-order chi connectivity index (χ0) is 34.5. The minimum atomic E-state index is -4.70. The van der Waals surface area contributed by atoms with E-state index in [2.05, 4.69) is 25.0 Å². The summed E-state index contributed by atoms with van der Waals surface area (Å²) in [5, 5.41) is 6.05. The molecule has 49 heavy (non-hydrogen) atoms. The Hall–Kier alpha value is -4.41. The molecule has 11 nitrogen and oxygen atoms in total. The second kappa shape index (κ2) is 12.8. The molecule has 2 aliphatic rings. The maximum atomic E-state index is 13.1. The highest BCUT2D eigenvalue weighted by molar-refractivity contribution is 6.30. The number of piperidine rings is 1. The van der Waals surface area contributed by atoms with Gasteiger partial charge in [0.1, 0.15) is 17.2 Å². The van der Waals surface area contributed by atoms with Crippen molar-refractivity contribution in [1.82, 2.24) is 39.6 Å². The van der Waals surface area contributed by atoms with Gasteiger partial charge in [0.2, 0.25) is 5.82 Å². The van der Waals surface area contributed by atoms with Gasteiger partial charge in [-0.25, -0.2) is 9.97 Å². The van der Waals surface area contributed by atoms with E-state index in [0.29, 0.717) is 58.7 Å². The van der Waals surface area contributed by atoms with Crippen molar-refractivity contribution < 1.29 is 36.2 Å². The van der Waals surface area contributed by atoms with Crippen molar-refractivity contribution in [3.05, 3.63) is 76.7 Å². The van der Waals surface area contributed by atoms with Crippen molar-refractivity contribution >= 4 is 22.6 Å². The number of nitrogens with one attached hydrogen (secondary N) is 1. The molecule has 5 aromatic rings. The molecular formula is C32H30ClF5N8O3. The van der Waals surface area contributed by atoms with E-state index in [9.17, 15) is 22.0 Å². The molecule has 0 amide bonds. The largest absolute Gasteiger partial charge is 0.451 e. The zero-order valence-electron chi connectivity index (χ0n) is 26.2. The van der Waals surface area contributed by atoms with Gasteiger partial charge in [-0.2, -0.15) is 27.1 Å². The number of rotatable bonds is 9. The van der Waals surface area contributed by atoms with Gasteiger partial charge >= 0.3 is 12.8 Å². The topological polar surface area (TPSA) is 116 Å². The zero-order valence-corrected chi connectivity index (χ0v) is 27.0. The van der Waals surface area contributed by atoms with Crippen LogP contribution in [0.3, 0.4) is 0 Å². The lowest BCUT2D eigenvalue weighted by Crippen LogP contribution is -2.34. The number of hydrogen-bond donors (Lipinski definition) is 1. The Kier molecular flexibility index (Phi) is 8.65. The van der Waals surface area contributed by atoms with E-state index in [1.165, 1.54) is 19.2 Å². The SMILES string of the molecule is CC(Cn1c(CN2CCC(c3cccc4c3OC(C)(c3ccc(Cl)cn3)O4)CC2)nc2cc(-c3n[nH]c(C(F)(F)F)n3)ncc21)OC(F)F. The number of likely N-dealkylation sites (tertiary alicyclic amines) is 1. The normalized spacial score (nSPS) is 19.3. The highest BCUT2D eigenvalue weighted by Crippen LogP contribution is 2.49. The van der Waals surface area contributed by atoms with Crippen molar-refractivity contribution in [2.45, 2.75) is 70.4 Å². The van der Waals surface area contributed by atoms with Crippen molar-refractivity contribution in [3.63, 3.8) is 0 Å². The van der Waals surface area contributed by atoms with Crippen molar-refractivity contribution in [2.75, 3.05) is 13.1 Å². The van der Waals surface area contributed by atoms with Crippen LogP contribution in [0.5, 0.6) is 11.5 Å². The van der Waals surface area contributed by atoms with Crippen LogP contribution in [0.15, 0.2) is 48.8 Å². The number of hydrogen-bond acceptors (Lipinski definition) is 9. The van der Waals surface area contributed by atoms with Crippen molar-refractivity contribution in [2.24, 2.45) is 0 Å². The van der Waals surface area contributed by atoms with Crippen LogP contribution in [0.2, 0.25) is 5.02 Å². The van der Waals surface area contributed by atoms with Crippen molar-refractivity contribution in [3.8, 4) is 23.0 Å². The number of pyridine rings is 2. The summed E-state index contributed by atoms with van der Waals surface area (Å²) in [6, 6.07) is 10.9. The number of halogens is 6. The number of fused-ring (bicyclic) bond motifs is 2. The molecule has 2 aliphatic heterocycles. The first-order chi connectivity index (χ1) is 23.4. The van der Waals surface area contributed by atoms with Crippen LogP contribution in [0, 0.1) is 0 Å². The average molecular weight is 705 g/mol. The molecule has 2 unspecified atom stereocenters. The van der Waals surface area contributed by atoms with Crippen LogP contribution in [-0.2, 0) is 29.8 Å². The van der Waals surface area contributed by atoms with Gasteiger partial charge in [0.25, 0.3) is 5.79 Å². The van der Waals surface area contributed by atoms with Gasteiger partial charge in [0.15, 0.2) is 17.3 Å². The molecule has 1 N–H and O–H groups in total. The van der Waals surface area contributed by atoms with Gasteiger partial charge in [-0.05, 0) is 63.0 Å². The Morgan fingerprint density at radius 1 is 1.08 bits per heavy atom. The molecule has 0 aliphatic carbocycles. The summed E-state index contributed by atoms with van der Waals surface area (Å²) in [4.78, 5) is 19.1. The monoisotopic (exact) mass is 704 g/mol. The quantitative estimate of drug-likeness (QED) is 0.163. The molecule has 2 atom stereocenters. The molecule has 1 fully saturated rings. The summed E-state index contributed by atoms with van der Waals surface area (Å²) >= 11 is 6.03. The lowest BCUT2D eigenvalue weighted by Gasteiger charge is -2.32. The van der Waals surface area contributed by atoms with Crippen LogP contribution in [0.1, 0.15) is 55.5 Å². The third-order valence-corrected chi connectivity index (χ3v) is 8.89. The van der Waals surface area contributed by atoms with E-state index in [-0.39, 0.29) is 24.0 Å². The highest BCUT2D eigenvalue weighted by Gasteiger charge is 2.42. The summed E-state index contributed by atoms with van der Waals surface area (Å²) in [7, 11) is 0. The predicted molar refractivity (Wildman–Crippen MR) is 166 cm³/mol. The van der Waals surface area contributed by atoms with E-state index in [1.807, 2.05) is 30.2 Å². The third-order valence-electron chi connectivity index (χ3n) is 8.67. The van der Waals surface area contributed by atoms with Crippen LogP contribution in [0.25, 0.3) is 22.6 Å². The molecule has 17 heteroatoms. The van der Waals surface area contributed by atoms with Gasteiger partial charge in [-0.1, -0.05) is 23.7 Å². The number of aromatic nitrogens is 7. The van der Waals surface area contributed by atoms with Gasteiger partial charge < -0.3 is 18.8 Å². The Bertz CT molecular complexity index is 1960. The lowest BCUT2D eigenvalue weighted by atomic mass is 9.88. The predicted octanol–water partition coefficient (Wildman–Crippen LogP) is 6.94. The fourth-order valence-electron chi connectivity index (χ4n) is 6.32. The maximum Gasteiger partial charge on any atom is 0.451 e. The van der Waals surface area contributed by atoms with Gasteiger partial charge in [-0.15, -0.1) is 0 Å². The van der Waals surface area contributed by atoms with Crippen LogP contribution in [-0.4, -0.2) is 65.4 Å². The van der Waals surface area contributed by atoms with E-state index >= 15 is 0 Å². The number of benzene rings is 1. The summed E-state index contributed by atoms with van der Waals surface area (Å²) in [6.07, 6.45) is -0.973. The van der Waals surface area contributed by atoms with E-state index in [4.69, 9.17) is 30.8 Å². The van der Waals surface area contributed by atoms with Gasteiger partial charge in [0.05, 0.1) is 41.4 Å². The van der Waals surface area contributed by atoms with E-state index in [1.54, 1.807) is 22.9 Å². The highest BCUT2D eigenvalue weighted by atomic mass is 35.5. The smallest absolute Gasteiger partial charge is 0.443 e. The molecule has 0 spiro atoms. The summed E-state index contributed by atoms with van der Waals surface area (Å²) in [5.41, 5.74) is 2.64. The molecule has 0 saturated carbocycles. The standard InChI is InChI=1S/C32H30ClF5N8O3/c1-17(47-30(34)35)15-46-23-14-39-22(28-42-29(44-43-28)32(36,37)38)12-21(23)41-26(46)16-45-10-8-18(9-11-45)20-4-3-5-24-27(20)49-31(2,48-24)25-7-6-19(33)13-40-25/h3-7,12-14,17-18,30H,8-11,15-16H2,1-2H3,(H,42,43,44). The molecule has 1 aromatic carbocycles. The second-order valence-corrected chi connectivity index (χ2v) is 12.6. The maximum absolute atomic E-state index is 13.1. The molecule has 258 valence electrons. The molecule has 1 saturated heterocycles. The fraction of sp³-hybridized carbons (Fsp3) is 0.406. The van der Waals surface area contributed by atoms with Crippen LogP contribution >= 0.6 is 11.6 Å². The first kappa shape index (κ1) is 33.1. The first-order valence-corrected chi connectivity index (χ1v) is 15.9. The molecule has 7 rings (SSSR count). The number of ether oxygens (including phenoxy) is 3. The summed E-state index contributed by atoms with van der Waals surface area (Å²) < 4.78 is 84.5. The third kappa shape index (κ3) is 6.76. The second-order valence-electron chi connectivity index (χ2n) is 12.1. The number of imidazole rings is 1. The summed E-state index contributed by atoms with van der Waals surface area (Å²) in [5.74, 6) is -0.503. The minimum Gasteiger partial charge on any atom is -0.443 e. The van der Waals surface area contributed by atoms with E-state index in [0.717, 1.165) is 18.4 Å². The fourth-order valence-corrected chi connectivity index (χ4v) is 6.43. The Morgan fingerprint density at radius 3 is 2.57 bits per heavy atom. The average Bonchev–Trinajstić information content (AvgIpc) is 3.77. The molecular weight excluding hydrogens is 675 g/mol. The van der Waals surface area contributed by atoms with Crippen LogP contribution < -0.4 is 9.47 Å². The lowest BCUT2D eigenvalue weighted by molar-refractivity contribution is -0.160. The minimum absolute atomic E-state index is 0.0568. The molecule has 6 heterocycles. The van der Waals surface area contributed by atoms with Crippen molar-refractivity contribution in [1.29, 1.82) is 0 Å². The molecule has 0 radical (unpaired) electrons. The van der Waals surface area contributed by atoms with Gasteiger partial charge in [0, 0.05) is 18.7 Å².